The SMILES string of the molecule is CCCC[NH+]1CCC(CCC)CC1.[Cl-]. The van der Waals surface area contributed by atoms with Crippen LogP contribution in [-0.4, -0.2) is 19.6 Å². The van der Waals surface area contributed by atoms with E-state index in [2.05, 4.69) is 13.8 Å². The molecule has 14 heavy (non-hydrogen) atoms. The van der Waals surface area contributed by atoms with Crippen LogP contribution in [0.2, 0.25) is 0 Å². The summed E-state index contributed by atoms with van der Waals surface area (Å²) in [5.74, 6) is 1.07. The molecular weight excluding hydrogens is 194 g/mol. The third kappa shape index (κ3) is 5.21. The monoisotopic (exact) mass is 219 g/mol. The molecule has 86 valence electrons. The highest BCUT2D eigenvalue weighted by atomic mass is 35.5. The molecule has 0 aromatic heterocycles. The van der Waals surface area contributed by atoms with Crippen molar-refractivity contribution in [3.63, 3.8) is 0 Å². The Bertz CT molecular complexity index is 119. The molecule has 1 fully saturated rings. The van der Waals surface area contributed by atoms with Gasteiger partial charge in [-0.05, 0) is 25.2 Å². The lowest BCUT2D eigenvalue weighted by Crippen LogP contribution is -3.13. The summed E-state index contributed by atoms with van der Waals surface area (Å²) in [6.07, 6.45) is 8.63. The van der Waals surface area contributed by atoms with E-state index < -0.39 is 0 Å². The van der Waals surface area contributed by atoms with E-state index in [9.17, 15) is 0 Å². The van der Waals surface area contributed by atoms with E-state index in [0.717, 1.165) is 5.92 Å². The van der Waals surface area contributed by atoms with Crippen LogP contribution in [-0.2, 0) is 0 Å². The molecule has 1 N–H and O–H groups in total. The summed E-state index contributed by atoms with van der Waals surface area (Å²) in [5, 5.41) is 0. The zero-order chi connectivity index (χ0) is 9.52. The number of hydrogen-bond acceptors (Lipinski definition) is 0. The van der Waals surface area contributed by atoms with E-state index in [1.807, 2.05) is 4.90 Å². The molecule has 0 radical (unpaired) electrons. The van der Waals surface area contributed by atoms with E-state index >= 15 is 0 Å². The molecule has 0 bridgehead atoms. The predicted molar refractivity (Wildman–Crippen MR) is 58.1 cm³/mol. The van der Waals surface area contributed by atoms with Crippen LogP contribution in [0.25, 0.3) is 0 Å². The summed E-state index contributed by atoms with van der Waals surface area (Å²) in [7, 11) is 0. The Morgan fingerprint density at radius 1 is 1.07 bits per heavy atom. The summed E-state index contributed by atoms with van der Waals surface area (Å²) in [4.78, 5) is 1.87. The Morgan fingerprint density at radius 3 is 2.21 bits per heavy atom. The largest absolute Gasteiger partial charge is 1.00 e. The molecule has 0 spiro atoms. The predicted octanol–water partition coefficient (Wildman–Crippen LogP) is -1.11. The van der Waals surface area contributed by atoms with Crippen molar-refractivity contribution in [1.82, 2.24) is 0 Å². The Morgan fingerprint density at radius 2 is 1.71 bits per heavy atom. The maximum atomic E-state index is 2.32. The second kappa shape index (κ2) is 8.55. The molecule has 1 aliphatic rings. The van der Waals surface area contributed by atoms with E-state index in [-0.39, 0.29) is 12.4 Å². The number of rotatable bonds is 5. The second-order valence-corrected chi connectivity index (χ2v) is 4.59. The van der Waals surface area contributed by atoms with Gasteiger partial charge in [0.15, 0.2) is 0 Å². The van der Waals surface area contributed by atoms with Crippen molar-refractivity contribution in [2.45, 2.75) is 52.4 Å². The fourth-order valence-corrected chi connectivity index (χ4v) is 2.46. The molecule has 0 aromatic carbocycles. The van der Waals surface area contributed by atoms with Crippen molar-refractivity contribution in [1.29, 1.82) is 0 Å². The highest BCUT2D eigenvalue weighted by Crippen LogP contribution is 2.15. The smallest absolute Gasteiger partial charge is 0.0773 e. The number of likely N-dealkylation sites (tertiary alicyclic amines) is 1. The van der Waals surface area contributed by atoms with Crippen LogP contribution < -0.4 is 17.3 Å². The lowest BCUT2D eigenvalue weighted by atomic mass is 9.92. The average Bonchev–Trinajstić information content (AvgIpc) is 2.17. The van der Waals surface area contributed by atoms with Gasteiger partial charge >= 0.3 is 0 Å². The molecule has 1 aliphatic heterocycles. The van der Waals surface area contributed by atoms with Gasteiger partial charge in [-0.25, -0.2) is 0 Å². The first-order valence-corrected chi connectivity index (χ1v) is 6.20. The molecule has 0 aromatic rings. The van der Waals surface area contributed by atoms with Gasteiger partial charge in [-0.2, -0.15) is 0 Å². The average molecular weight is 220 g/mol. The molecule has 0 aliphatic carbocycles. The van der Waals surface area contributed by atoms with Gasteiger partial charge in [-0.1, -0.05) is 33.1 Å². The lowest BCUT2D eigenvalue weighted by molar-refractivity contribution is -0.906. The number of nitrogens with one attached hydrogen (secondary N) is 1. The Labute approximate surface area is 95.7 Å². The lowest BCUT2D eigenvalue weighted by Gasteiger charge is -2.29. The summed E-state index contributed by atoms with van der Waals surface area (Å²) in [6, 6.07) is 0. The van der Waals surface area contributed by atoms with Crippen LogP contribution in [0.1, 0.15) is 52.4 Å². The first-order chi connectivity index (χ1) is 6.36. The zero-order valence-electron chi connectivity index (χ0n) is 9.82. The Hall–Kier alpha value is 0.250. The van der Waals surface area contributed by atoms with Gasteiger partial charge in [0.1, 0.15) is 0 Å². The molecule has 1 heterocycles. The van der Waals surface area contributed by atoms with Crippen LogP contribution >= 0.6 is 0 Å². The van der Waals surface area contributed by atoms with Crippen LogP contribution in [0, 0.1) is 5.92 Å². The second-order valence-electron chi connectivity index (χ2n) is 4.59. The topological polar surface area (TPSA) is 4.44 Å². The fourth-order valence-electron chi connectivity index (χ4n) is 2.46. The van der Waals surface area contributed by atoms with E-state index in [4.69, 9.17) is 0 Å². The number of unbranched alkanes of at least 4 members (excludes halogenated alkanes) is 1. The van der Waals surface area contributed by atoms with Gasteiger partial charge in [0, 0.05) is 0 Å². The molecule has 0 unspecified atom stereocenters. The van der Waals surface area contributed by atoms with E-state index in [0.29, 0.717) is 0 Å². The molecule has 0 amide bonds. The van der Waals surface area contributed by atoms with E-state index in [1.54, 1.807) is 0 Å². The number of piperidine rings is 1. The van der Waals surface area contributed by atoms with Crippen molar-refractivity contribution in [3.8, 4) is 0 Å². The van der Waals surface area contributed by atoms with Crippen LogP contribution in [0.3, 0.4) is 0 Å². The Balaban J connectivity index is 0.00000169. The normalized spacial score (nSPS) is 27.0. The third-order valence-electron chi connectivity index (χ3n) is 3.39. The zero-order valence-corrected chi connectivity index (χ0v) is 10.6. The fraction of sp³-hybridized carbons (Fsp3) is 1.00. The van der Waals surface area contributed by atoms with Gasteiger partial charge in [-0.3, -0.25) is 0 Å². The minimum absolute atomic E-state index is 0. The minimum Gasteiger partial charge on any atom is -1.00 e. The van der Waals surface area contributed by atoms with Crippen molar-refractivity contribution in [2.24, 2.45) is 5.92 Å². The first-order valence-electron chi connectivity index (χ1n) is 6.20. The van der Waals surface area contributed by atoms with Gasteiger partial charge in [0.2, 0.25) is 0 Å². The number of quaternary nitrogens is 1. The molecular formula is C12H26ClN. The maximum Gasteiger partial charge on any atom is 0.0773 e. The standard InChI is InChI=1S/C12H25N.ClH/c1-3-5-9-13-10-7-12(6-4-2)8-11-13;/h12H,3-11H2,1-2H3;1H. The summed E-state index contributed by atoms with van der Waals surface area (Å²) in [5.41, 5.74) is 0. The summed E-state index contributed by atoms with van der Waals surface area (Å²) >= 11 is 0. The van der Waals surface area contributed by atoms with Crippen molar-refractivity contribution >= 4 is 0 Å². The molecule has 0 saturated carbocycles. The quantitative estimate of drug-likeness (QED) is 0.598. The maximum absolute atomic E-state index is 2.32. The van der Waals surface area contributed by atoms with Crippen molar-refractivity contribution < 1.29 is 17.3 Å². The van der Waals surface area contributed by atoms with Gasteiger partial charge < -0.3 is 17.3 Å². The van der Waals surface area contributed by atoms with Gasteiger partial charge in [-0.15, -0.1) is 0 Å². The number of hydrogen-bond donors (Lipinski definition) is 1. The van der Waals surface area contributed by atoms with Gasteiger partial charge in [0.25, 0.3) is 0 Å². The molecule has 1 rings (SSSR count). The number of halogens is 1. The summed E-state index contributed by atoms with van der Waals surface area (Å²) < 4.78 is 0. The van der Waals surface area contributed by atoms with Crippen LogP contribution in [0.4, 0.5) is 0 Å². The Kier molecular flexibility index (Phi) is 8.70. The molecule has 2 heteroatoms. The minimum atomic E-state index is 0. The molecule has 1 saturated heterocycles. The molecule has 1 nitrogen and oxygen atoms in total. The highest BCUT2D eigenvalue weighted by molar-refractivity contribution is 4.61. The van der Waals surface area contributed by atoms with Crippen LogP contribution in [0.5, 0.6) is 0 Å². The van der Waals surface area contributed by atoms with E-state index in [1.165, 1.54) is 58.2 Å². The third-order valence-corrected chi connectivity index (χ3v) is 3.39. The van der Waals surface area contributed by atoms with Gasteiger partial charge in [0.05, 0.1) is 19.6 Å². The highest BCUT2D eigenvalue weighted by Gasteiger charge is 2.20. The molecule has 0 atom stereocenters. The summed E-state index contributed by atoms with van der Waals surface area (Å²) in [6.45, 7) is 8.93. The van der Waals surface area contributed by atoms with Crippen LogP contribution in [0.15, 0.2) is 0 Å². The first kappa shape index (κ1) is 14.2. The van der Waals surface area contributed by atoms with Crippen molar-refractivity contribution in [3.05, 3.63) is 0 Å². The van der Waals surface area contributed by atoms with Crippen molar-refractivity contribution in [2.75, 3.05) is 19.6 Å².